The van der Waals surface area contributed by atoms with Gasteiger partial charge in [-0.05, 0) is 33.9 Å². The highest BCUT2D eigenvalue weighted by atomic mass is 19.1. The summed E-state index contributed by atoms with van der Waals surface area (Å²) >= 11 is 0. The molecule has 0 saturated carbocycles. The molecule has 1 aliphatic carbocycles. The highest BCUT2D eigenvalue weighted by Crippen LogP contribution is 2.44. The summed E-state index contributed by atoms with van der Waals surface area (Å²) in [5.74, 6) is -1.54. The zero-order valence-electron chi connectivity index (χ0n) is 17.3. The zero-order valence-corrected chi connectivity index (χ0v) is 17.3. The van der Waals surface area contributed by atoms with Gasteiger partial charge in [-0.1, -0.05) is 72.8 Å². The van der Waals surface area contributed by atoms with E-state index in [4.69, 9.17) is 9.84 Å². The van der Waals surface area contributed by atoms with Crippen LogP contribution in [0.5, 0.6) is 0 Å². The van der Waals surface area contributed by atoms with Crippen LogP contribution in [0.3, 0.4) is 0 Å². The first-order valence-electron chi connectivity index (χ1n) is 10.3. The van der Waals surface area contributed by atoms with Gasteiger partial charge in [0.1, 0.15) is 12.4 Å². The lowest BCUT2D eigenvalue weighted by atomic mass is 9.98. The van der Waals surface area contributed by atoms with E-state index in [1.807, 2.05) is 24.3 Å². The molecule has 0 fully saturated rings. The number of rotatable bonds is 7. The van der Waals surface area contributed by atoms with Gasteiger partial charge in [0.05, 0.1) is 6.42 Å². The smallest absolute Gasteiger partial charge is 0.407 e. The van der Waals surface area contributed by atoms with E-state index in [0.717, 1.165) is 22.3 Å². The van der Waals surface area contributed by atoms with E-state index in [1.165, 1.54) is 18.2 Å². The first-order chi connectivity index (χ1) is 15.5. The first kappa shape index (κ1) is 21.3. The van der Waals surface area contributed by atoms with Crippen molar-refractivity contribution in [3.63, 3.8) is 0 Å². The highest BCUT2D eigenvalue weighted by Gasteiger charge is 2.28. The Hall–Kier alpha value is -3.93. The maximum atomic E-state index is 14.1. The van der Waals surface area contributed by atoms with Gasteiger partial charge in [0.25, 0.3) is 0 Å². The minimum absolute atomic E-state index is 0.0119. The van der Waals surface area contributed by atoms with Crippen molar-refractivity contribution in [3.05, 3.63) is 101 Å². The third-order valence-electron chi connectivity index (χ3n) is 5.43. The lowest BCUT2D eigenvalue weighted by Gasteiger charge is -2.14. The second kappa shape index (κ2) is 9.47. The number of hydrogen-bond acceptors (Lipinski definition) is 3. The number of nitrogens with one attached hydrogen (secondary N) is 1. The number of carbonyl (C=O) groups is 2. The predicted molar refractivity (Wildman–Crippen MR) is 120 cm³/mol. The van der Waals surface area contributed by atoms with Crippen LogP contribution in [0.2, 0.25) is 0 Å². The van der Waals surface area contributed by atoms with E-state index in [1.54, 1.807) is 12.1 Å². The molecule has 3 aromatic rings. The van der Waals surface area contributed by atoms with Crippen LogP contribution in [0.15, 0.2) is 72.8 Å². The minimum Gasteiger partial charge on any atom is -0.481 e. The quantitative estimate of drug-likeness (QED) is 0.552. The van der Waals surface area contributed by atoms with Crippen LogP contribution in [0.4, 0.5) is 9.18 Å². The molecular weight excluding hydrogens is 409 g/mol. The summed E-state index contributed by atoms with van der Waals surface area (Å²) in [5, 5.41) is 11.4. The number of hydrogen-bond donors (Lipinski definition) is 2. The molecule has 4 rings (SSSR count). The summed E-state index contributed by atoms with van der Waals surface area (Å²) in [6.07, 6.45) is 2.36. The van der Waals surface area contributed by atoms with Crippen molar-refractivity contribution in [1.29, 1.82) is 0 Å². The van der Waals surface area contributed by atoms with Gasteiger partial charge < -0.3 is 15.2 Å². The Bertz CT molecular complexity index is 1140. The van der Waals surface area contributed by atoms with Crippen molar-refractivity contribution in [2.75, 3.05) is 13.2 Å². The van der Waals surface area contributed by atoms with E-state index in [0.29, 0.717) is 11.1 Å². The molecule has 162 valence electrons. The molecule has 1 amide bonds. The number of carbonyl (C=O) groups excluding carboxylic acids is 1. The summed E-state index contributed by atoms with van der Waals surface area (Å²) < 4.78 is 19.5. The highest BCUT2D eigenvalue weighted by molar-refractivity contribution is 5.79. The molecule has 0 aromatic heterocycles. The van der Waals surface area contributed by atoms with E-state index < -0.39 is 17.9 Å². The third kappa shape index (κ3) is 4.70. The minimum atomic E-state index is -1.01. The third-order valence-corrected chi connectivity index (χ3v) is 5.43. The maximum Gasteiger partial charge on any atom is 0.407 e. The fourth-order valence-electron chi connectivity index (χ4n) is 3.97. The summed E-state index contributed by atoms with van der Waals surface area (Å²) in [5.41, 5.74) is 5.32. The van der Waals surface area contributed by atoms with E-state index in [-0.39, 0.29) is 25.5 Å². The van der Waals surface area contributed by atoms with Gasteiger partial charge >= 0.3 is 12.1 Å². The van der Waals surface area contributed by atoms with Crippen LogP contribution in [-0.4, -0.2) is 30.3 Å². The van der Waals surface area contributed by atoms with E-state index >= 15 is 0 Å². The molecule has 0 radical (unpaired) electrons. The molecule has 0 bridgehead atoms. The summed E-state index contributed by atoms with van der Waals surface area (Å²) in [6.45, 7) is 0.399. The fraction of sp³-hybridized carbons (Fsp3) is 0.154. The number of carboxylic acid groups (broad SMARTS) is 1. The van der Waals surface area contributed by atoms with Crippen molar-refractivity contribution in [2.24, 2.45) is 0 Å². The van der Waals surface area contributed by atoms with Crippen molar-refractivity contribution < 1.29 is 23.8 Å². The first-order valence-corrected chi connectivity index (χ1v) is 10.3. The summed E-state index contributed by atoms with van der Waals surface area (Å²) in [4.78, 5) is 22.9. The average molecular weight is 431 g/mol. The Kier molecular flexibility index (Phi) is 6.31. The number of benzene rings is 3. The predicted octanol–water partition coefficient (Wildman–Crippen LogP) is 5.00. The zero-order chi connectivity index (χ0) is 22.5. The van der Waals surface area contributed by atoms with Crippen molar-refractivity contribution in [2.45, 2.75) is 12.3 Å². The fourth-order valence-corrected chi connectivity index (χ4v) is 3.97. The number of ether oxygens (including phenoxy) is 1. The van der Waals surface area contributed by atoms with E-state index in [2.05, 4.69) is 29.6 Å². The lowest BCUT2D eigenvalue weighted by Crippen LogP contribution is -2.26. The SMILES string of the molecule is O=C(O)Cc1ccc(C=CCNC(=O)OCC2c3ccccc3-c3ccccc32)c(F)c1. The molecule has 3 aromatic carbocycles. The van der Waals surface area contributed by atoms with Gasteiger partial charge in [-0.15, -0.1) is 0 Å². The van der Waals surface area contributed by atoms with Crippen molar-refractivity contribution in [1.82, 2.24) is 5.32 Å². The van der Waals surface area contributed by atoms with Gasteiger partial charge in [0, 0.05) is 18.0 Å². The molecule has 1 aliphatic rings. The van der Waals surface area contributed by atoms with Gasteiger partial charge in [0.15, 0.2) is 0 Å². The van der Waals surface area contributed by atoms with Gasteiger partial charge in [-0.25, -0.2) is 9.18 Å². The standard InChI is InChI=1S/C26H22FNO4/c27-24-14-17(15-25(29)30)11-12-18(24)6-5-13-28-26(31)32-16-23-21-9-3-1-7-19(21)20-8-2-4-10-22(20)23/h1-12,14,23H,13,15-16H2,(H,28,31)(H,29,30). The monoisotopic (exact) mass is 431 g/mol. The topological polar surface area (TPSA) is 75.6 Å². The van der Waals surface area contributed by atoms with Gasteiger partial charge in [-0.2, -0.15) is 0 Å². The number of halogens is 1. The number of fused-ring (bicyclic) bond motifs is 3. The van der Waals surface area contributed by atoms with Crippen LogP contribution in [-0.2, 0) is 16.0 Å². The Morgan fingerprint density at radius 1 is 1.00 bits per heavy atom. The van der Waals surface area contributed by atoms with Crippen molar-refractivity contribution >= 4 is 18.1 Å². The molecule has 0 atom stereocenters. The number of carboxylic acids is 1. The molecule has 0 heterocycles. The van der Waals surface area contributed by atoms with Gasteiger partial charge in [0.2, 0.25) is 0 Å². The van der Waals surface area contributed by atoms with Crippen LogP contribution in [0, 0.1) is 5.82 Å². The van der Waals surface area contributed by atoms with Crippen LogP contribution in [0.25, 0.3) is 17.2 Å². The Labute approximate surface area is 185 Å². The van der Waals surface area contributed by atoms with Crippen LogP contribution < -0.4 is 5.32 Å². The normalized spacial score (nSPS) is 12.4. The van der Waals surface area contributed by atoms with Gasteiger partial charge in [-0.3, -0.25) is 4.79 Å². The Morgan fingerprint density at radius 2 is 1.66 bits per heavy atom. The van der Waals surface area contributed by atoms with E-state index in [9.17, 15) is 14.0 Å². The maximum absolute atomic E-state index is 14.1. The number of amides is 1. The van der Waals surface area contributed by atoms with Crippen LogP contribution in [0.1, 0.15) is 28.2 Å². The lowest BCUT2D eigenvalue weighted by molar-refractivity contribution is -0.136. The number of aliphatic carboxylic acids is 1. The molecule has 0 aliphatic heterocycles. The van der Waals surface area contributed by atoms with Crippen LogP contribution >= 0.6 is 0 Å². The molecule has 0 unspecified atom stereocenters. The second-order valence-electron chi connectivity index (χ2n) is 7.54. The molecule has 32 heavy (non-hydrogen) atoms. The Balaban J connectivity index is 1.30. The number of alkyl carbamates (subject to hydrolysis) is 1. The summed E-state index contributed by atoms with van der Waals surface area (Å²) in [6, 6.07) is 20.5. The molecule has 2 N–H and O–H groups in total. The molecule has 5 nitrogen and oxygen atoms in total. The average Bonchev–Trinajstić information content (AvgIpc) is 3.10. The Morgan fingerprint density at radius 3 is 2.28 bits per heavy atom. The second-order valence-corrected chi connectivity index (χ2v) is 7.54. The molecule has 6 heteroatoms. The molecule has 0 spiro atoms. The largest absolute Gasteiger partial charge is 0.481 e. The summed E-state index contributed by atoms with van der Waals surface area (Å²) in [7, 11) is 0. The molecule has 0 saturated heterocycles. The van der Waals surface area contributed by atoms with Crippen molar-refractivity contribution in [3.8, 4) is 11.1 Å². The molecular formula is C26H22FNO4.